The van der Waals surface area contributed by atoms with Crippen molar-refractivity contribution < 1.29 is 8.42 Å². The predicted octanol–water partition coefficient (Wildman–Crippen LogP) is 2.18. The topological polar surface area (TPSA) is 58.2 Å². The van der Waals surface area contributed by atoms with Gasteiger partial charge in [-0.1, -0.05) is 19.4 Å². The summed E-state index contributed by atoms with van der Waals surface area (Å²) >= 11 is 0. The number of hydrogen-bond donors (Lipinski definition) is 2. The van der Waals surface area contributed by atoms with Crippen molar-refractivity contribution in [3.63, 3.8) is 0 Å². The summed E-state index contributed by atoms with van der Waals surface area (Å²) in [6.07, 6.45) is 3.51. The third-order valence-corrected chi connectivity index (χ3v) is 5.40. The van der Waals surface area contributed by atoms with Crippen molar-refractivity contribution in [2.24, 2.45) is 5.92 Å². The van der Waals surface area contributed by atoms with E-state index in [4.69, 9.17) is 0 Å². The Balaban J connectivity index is 2.09. The van der Waals surface area contributed by atoms with Crippen LogP contribution in [0.15, 0.2) is 23.1 Å². The van der Waals surface area contributed by atoms with Gasteiger partial charge in [0.15, 0.2) is 0 Å². The lowest BCUT2D eigenvalue weighted by Crippen LogP contribution is -2.32. The first kappa shape index (κ1) is 15.5. The molecule has 0 atom stereocenters. The molecule has 1 fully saturated rings. The van der Waals surface area contributed by atoms with Crippen LogP contribution < -0.4 is 10.0 Å². The first-order chi connectivity index (χ1) is 9.53. The van der Waals surface area contributed by atoms with Crippen molar-refractivity contribution in [1.82, 2.24) is 10.0 Å². The van der Waals surface area contributed by atoms with Crippen LogP contribution >= 0.6 is 0 Å². The molecule has 1 saturated carbocycles. The van der Waals surface area contributed by atoms with Crippen LogP contribution in [0.25, 0.3) is 0 Å². The van der Waals surface area contributed by atoms with Crippen LogP contribution in [0.4, 0.5) is 0 Å². The smallest absolute Gasteiger partial charge is 0.240 e. The second-order valence-electron chi connectivity index (χ2n) is 5.52. The Labute approximate surface area is 122 Å². The monoisotopic (exact) mass is 296 g/mol. The summed E-state index contributed by atoms with van der Waals surface area (Å²) in [6, 6.07) is 5.35. The molecule has 0 saturated heterocycles. The molecule has 2 rings (SSSR count). The van der Waals surface area contributed by atoms with E-state index in [-0.39, 0.29) is 0 Å². The third-order valence-electron chi connectivity index (χ3n) is 3.98. The second kappa shape index (κ2) is 6.70. The Hall–Kier alpha value is -0.910. The van der Waals surface area contributed by atoms with Gasteiger partial charge in [0.2, 0.25) is 10.0 Å². The summed E-state index contributed by atoms with van der Waals surface area (Å²) in [4.78, 5) is 0.371. The molecule has 0 spiro atoms. The molecule has 0 aliphatic heterocycles. The molecule has 20 heavy (non-hydrogen) atoms. The van der Waals surface area contributed by atoms with Crippen molar-refractivity contribution in [3.05, 3.63) is 29.3 Å². The van der Waals surface area contributed by atoms with Crippen molar-refractivity contribution in [2.75, 3.05) is 13.1 Å². The highest BCUT2D eigenvalue weighted by atomic mass is 32.2. The molecule has 1 aliphatic rings. The van der Waals surface area contributed by atoms with Crippen LogP contribution in [-0.2, 0) is 16.6 Å². The first-order valence-corrected chi connectivity index (χ1v) is 8.81. The van der Waals surface area contributed by atoms with Gasteiger partial charge in [-0.25, -0.2) is 13.1 Å². The van der Waals surface area contributed by atoms with Gasteiger partial charge in [-0.2, -0.15) is 0 Å². The maximum atomic E-state index is 12.3. The van der Waals surface area contributed by atoms with Gasteiger partial charge in [0.1, 0.15) is 0 Å². The van der Waals surface area contributed by atoms with Gasteiger partial charge in [-0.15, -0.1) is 0 Å². The quantitative estimate of drug-likeness (QED) is 0.811. The number of aryl methyl sites for hydroxylation is 1. The van der Waals surface area contributed by atoms with E-state index in [0.29, 0.717) is 23.9 Å². The van der Waals surface area contributed by atoms with Gasteiger partial charge in [0.05, 0.1) is 4.90 Å². The molecule has 0 radical (unpaired) electrons. The maximum Gasteiger partial charge on any atom is 0.240 e. The molecule has 1 aliphatic carbocycles. The molecule has 1 aromatic rings. The molecule has 0 unspecified atom stereocenters. The van der Waals surface area contributed by atoms with E-state index < -0.39 is 10.0 Å². The zero-order valence-electron chi connectivity index (χ0n) is 12.3. The van der Waals surface area contributed by atoms with E-state index in [1.54, 1.807) is 12.1 Å². The van der Waals surface area contributed by atoms with Crippen molar-refractivity contribution in [2.45, 2.75) is 44.6 Å². The van der Waals surface area contributed by atoms with Gasteiger partial charge < -0.3 is 5.32 Å². The summed E-state index contributed by atoms with van der Waals surface area (Å²) < 4.78 is 27.3. The highest BCUT2D eigenvalue weighted by Crippen LogP contribution is 2.26. The van der Waals surface area contributed by atoms with E-state index >= 15 is 0 Å². The highest BCUT2D eigenvalue weighted by molar-refractivity contribution is 7.89. The highest BCUT2D eigenvalue weighted by Gasteiger charge is 2.21. The molecular formula is C15H24N2O2S. The molecule has 0 heterocycles. The summed E-state index contributed by atoms with van der Waals surface area (Å²) in [7, 11) is -3.37. The third kappa shape index (κ3) is 3.81. The summed E-state index contributed by atoms with van der Waals surface area (Å²) in [5.74, 6) is 0.524. The normalized spacial score (nSPS) is 16.1. The number of rotatable bonds is 7. The van der Waals surface area contributed by atoms with E-state index in [9.17, 15) is 8.42 Å². The van der Waals surface area contributed by atoms with Gasteiger partial charge in [-0.05, 0) is 55.5 Å². The van der Waals surface area contributed by atoms with E-state index in [1.807, 2.05) is 19.9 Å². The first-order valence-electron chi connectivity index (χ1n) is 7.33. The van der Waals surface area contributed by atoms with Crippen LogP contribution in [0.5, 0.6) is 0 Å². The standard InChI is InChI=1S/C15H24N2O2S/c1-3-16-11-14-9-15(8-7-12(14)2)20(18,19)17-10-13-5-4-6-13/h7-9,13,16-17H,3-6,10-11H2,1-2H3. The fourth-order valence-electron chi connectivity index (χ4n) is 2.27. The van der Waals surface area contributed by atoms with Crippen molar-refractivity contribution in [3.8, 4) is 0 Å². The molecule has 0 aromatic heterocycles. The minimum absolute atomic E-state index is 0.371. The lowest BCUT2D eigenvalue weighted by molar-refractivity contribution is 0.316. The van der Waals surface area contributed by atoms with Crippen molar-refractivity contribution >= 4 is 10.0 Å². The SMILES string of the molecule is CCNCc1cc(S(=O)(=O)NCC2CCC2)ccc1C. The van der Waals surface area contributed by atoms with E-state index in [0.717, 1.165) is 30.5 Å². The lowest BCUT2D eigenvalue weighted by Gasteiger charge is -2.25. The largest absolute Gasteiger partial charge is 0.313 e. The van der Waals surface area contributed by atoms with Gasteiger partial charge in [0, 0.05) is 13.1 Å². The summed E-state index contributed by atoms with van der Waals surface area (Å²) in [5.41, 5.74) is 2.15. The summed E-state index contributed by atoms with van der Waals surface area (Å²) in [6.45, 7) is 6.18. The minimum Gasteiger partial charge on any atom is -0.313 e. The second-order valence-corrected chi connectivity index (χ2v) is 7.28. The van der Waals surface area contributed by atoms with E-state index in [1.165, 1.54) is 6.42 Å². The fraction of sp³-hybridized carbons (Fsp3) is 0.600. The van der Waals surface area contributed by atoms with E-state index in [2.05, 4.69) is 10.0 Å². The zero-order valence-corrected chi connectivity index (χ0v) is 13.1. The average molecular weight is 296 g/mol. The minimum atomic E-state index is -3.37. The van der Waals surface area contributed by atoms with Gasteiger partial charge >= 0.3 is 0 Å². The molecule has 0 bridgehead atoms. The number of benzene rings is 1. The Kier molecular flexibility index (Phi) is 5.18. The van der Waals surface area contributed by atoms with Crippen LogP contribution in [0.1, 0.15) is 37.3 Å². The Morgan fingerprint density at radius 2 is 2.05 bits per heavy atom. The average Bonchev–Trinajstić information content (AvgIpc) is 2.35. The predicted molar refractivity (Wildman–Crippen MR) is 81.1 cm³/mol. The Morgan fingerprint density at radius 3 is 2.65 bits per heavy atom. The van der Waals surface area contributed by atoms with Crippen LogP contribution in [0.2, 0.25) is 0 Å². The Morgan fingerprint density at radius 1 is 1.30 bits per heavy atom. The zero-order chi connectivity index (χ0) is 14.6. The van der Waals surface area contributed by atoms with Crippen LogP contribution in [-0.4, -0.2) is 21.5 Å². The molecule has 5 heteroatoms. The number of nitrogens with one attached hydrogen (secondary N) is 2. The molecule has 2 N–H and O–H groups in total. The van der Waals surface area contributed by atoms with Crippen molar-refractivity contribution in [1.29, 1.82) is 0 Å². The lowest BCUT2D eigenvalue weighted by atomic mass is 9.86. The molecule has 4 nitrogen and oxygen atoms in total. The van der Waals surface area contributed by atoms with Crippen LogP contribution in [0, 0.1) is 12.8 Å². The Bertz CT molecular complexity index is 551. The maximum absolute atomic E-state index is 12.3. The summed E-state index contributed by atoms with van der Waals surface area (Å²) in [5, 5.41) is 3.24. The molecule has 0 amide bonds. The number of sulfonamides is 1. The fourth-order valence-corrected chi connectivity index (χ4v) is 3.44. The van der Waals surface area contributed by atoms with Crippen LogP contribution in [0.3, 0.4) is 0 Å². The number of hydrogen-bond acceptors (Lipinski definition) is 3. The van der Waals surface area contributed by atoms with Gasteiger partial charge in [0.25, 0.3) is 0 Å². The molecular weight excluding hydrogens is 272 g/mol. The molecule has 1 aromatic carbocycles. The van der Waals surface area contributed by atoms with Gasteiger partial charge in [-0.3, -0.25) is 0 Å². The molecule has 112 valence electrons.